The third kappa shape index (κ3) is 4.64. The maximum Gasteiger partial charge on any atom is 0.332 e. The van der Waals surface area contributed by atoms with Crippen LogP contribution in [0.5, 0.6) is 0 Å². The molecule has 1 unspecified atom stereocenters. The number of hydrogen-bond donors (Lipinski definition) is 1. The number of benzene rings is 1. The van der Waals surface area contributed by atoms with Gasteiger partial charge < -0.3 is 9.84 Å². The zero-order valence-electron chi connectivity index (χ0n) is 8.93. The normalized spacial score (nSPS) is 12.3. The second-order valence-corrected chi connectivity index (χ2v) is 3.83. The van der Waals surface area contributed by atoms with Gasteiger partial charge in [0.05, 0.1) is 6.61 Å². The summed E-state index contributed by atoms with van der Waals surface area (Å²) in [7, 11) is 0. The predicted molar refractivity (Wildman–Crippen MR) is 62.6 cm³/mol. The molecule has 0 saturated heterocycles. The Morgan fingerprint density at radius 2 is 2.06 bits per heavy atom. The predicted octanol–water partition coefficient (Wildman–Crippen LogP) is 2.68. The van der Waals surface area contributed by atoms with Crippen LogP contribution < -0.4 is 0 Å². The molecule has 1 rings (SSSR count). The highest BCUT2D eigenvalue weighted by atomic mass is 35.5. The summed E-state index contributed by atoms with van der Waals surface area (Å²) in [5, 5.41) is 8.91. The summed E-state index contributed by atoms with van der Waals surface area (Å²) in [6.45, 7) is 0.320. The van der Waals surface area contributed by atoms with Crippen molar-refractivity contribution in [1.29, 1.82) is 0 Å². The van der Waals surface area contributed by atoms with Crippen LogP contribution in [0.2, 0.25) is 0 Å². The average Bonchev–Trinajstić information content (AvgIpc) is 2.30. The van der Waals surface area contributed by atoms with E-state index in [9.17, 15) is 4.79 Å². The standard InChI is InChI=1S/C12H15ClO3/c13-8-4-7-11(12(14)15)16-9-10-5-2-1-3-6-10/h1-3,5-6,11H,4,7-9H2,(H,14,15). The fourth-order valence-corrected chi connectivity index (χ4v) is 1.47. The van der Waals surface area contributed by atoms with E-state index in [1.807, 2.05) is 30.3 Å². The minimum Gasteiger partial charge on any atom is -0.479 e. The topological polar surface area (TPSA) is 46.5 Å². The van der Waals surface area contributed by atoms with Crippen LogP contribution in [-0.4, -0.2) is 23.1 Å². The quantitative estimate of drug-likeness (QED) is 0.748. The summed E-state index contributed by atoms with van der Waals surface area (Å²) >= 11 is 5.52. The zero-order valence-corrected chi connectivity index (χ0v) is 9.69. The van der Waals surface area contributed by atoms with Crippen LogP contribution in [0.15, 0.2) is 30.3 Å². The second-order valence-electron chi connectivity index (χ2n) is 3.45. The van der Waals surface area contributed by atoms with E-state index in [1.165, 1.54) is 0 Å². The summed E-state index contributed by atoms with van der Waals surface area (Å²) in [6.07, 6.45) is 0.331. The van der Waals surface area contributed by atoms with Crippen LogP contribution in [0.1, 0.15) is 18.4 Å². The molecule has 0 amide bonds. The summed E-state index contributed by atoms with van der Waals surface area (Å²) in [5.41, 5.74) is 0.972. The van der Waals surface area contributed by atoms with Gasteiger partial charge in [-0.05, 0) is 18.4 Å². The Morgan fingerprint density at radius 3 is 2.62 bits per heavy atom. The molecule has 0 aliphatic carbocycles. The van der Waals surface area contributed by atoms with E-state index in [1.54, 1.807) is 0 Å². The van der Waals surface area contributed by atoms with Gasteiger partial charge in [-0.1, -0.05) is 30.3 Å². The van der Waals surface area contributed by atoms with Gasteiger partial charge >= 0.3 is 5.97 Å². The van der Waals surface area contributed by atoms with Gasteiger partial charge in [-0.15, -0.1) is 11.6 Å². The number of carboxylic acids is 1. The molecule has 0 radical (unpaired) electrons. The highest BCUT2D eigenvalue weighted by molar-refractivity contribution is 6.17. The first-order valence-electron chi connectivity index (χ1n) is 5.18. The van der Waals surface area contributed by atoms with Crippen molar-refractivity contribution in [2.45, 2.75) is 25.6 Å². The summed E-state index contributed by atoms with van der Waals surface area (Å²) in [6, 6.07) is 9.51. The van der Waals surface area contributed by atoms with Crippen molar-refractivity contribution in [1.82, 2.24) is 0 Å². The van der Waals surface area contributed by atoms with Gasteiger partial charge in [-0.25, -0.2) is 4.79 Å². The van der Waals surface area contributed by atoms with Crippen LogP contribution in [0.3, 0.4) is 0 Å². The molecule has 1 aromatic rings. The Bertz CT molecular complexity index is 313. The minimum atomic E-state index is -0.930. The lowest BCUT2D eigenvalue weighted by Gasteiger charge is -2.12. The van der Waals surface area contributed by atoms with Crippen molar-refractivity contribution in [2.24, 2.45) is 0 Å². The molecule has 4 heteroatoms. The molecule has 0 fully saturated rings. The van der Waals surface area contributed by atoms with Gasteiger partial charge in [-0.2, -0.15) is 0 Å². The van der Waals surface area contributed by atoms with Crippen molar-refractivity contribution < 1.29 is 14.6 Å². The largest absolute Gasteiger partial charge is 0.479 e. The summed E-state index contributed by atoms with van der Waals surface area (Å²) in [4.78, 5) is 10.9. The highest BCUT2D eigenvalue weighted by Gasteiger charge is 2.17. The zero-order chi connectivity index (χ0) is 11.8. The molecule has 0 aliphatic rings. The van der Waals surface area contributed by atoms with Gasteiger partial charge in [0, 0.05) is 5.88 Å². The Hall–Kier alpha value is -1.06. The molecule has 3 nitrogen and oxygen atoms in total. The molecule has 0 aromatic heterocycles. The number of hydrogen-bond acceptors (Lipinski definition) is 2. The maximum atomic E-state index is 10.9. The maximum absolute atomic E-state index is 10.9. The third-order valence-electron chi connectivity index (χ3n) is 2.17. The molecular weight excluding hydrogens is 228 g/mol. The molecule has 1 N–H and O–H groups in total. The number of aliphatic carboxylic acids is 1. The Labute approximate surface area is 100.0 Å². The molecule has 0 saturated carbocycles. The second kappa shape index (κ2) is 7.25. The van der Waals surface area contributed by atoms with Crippen LogP contribution in [0.4, 0.5) is 0 Å². The lowest BCUT2D eigenvalue weighted by molar-refractivity contribution is -0.151. The average molecular weight is 243 g/mol. The van der Waals surface area contributed by atoms with E-state index < -0.39 is 12.1 Å². The first kappa shape index (κ1) is 13.0. The van der Waals surface area contributed by atoms with Crippen LogP contribution in [-0.2, 0) is 16.1 Å². The van der Waals surface area contributed by atoms with E-state index in [4.69, 9.17) is 21.4 Å². The molecule has 16 heavy (non-hydrogen) atoms. The number of carbonyl (C=O) groups is 1. The van der Waals surface area contributed by atoms with E-state index >= 15 is 0 Å². The third-order valence-corrected chi connectivity index (χ3v) is 2.44. The van der Waals surface area contributed by atoms with Crippen molar-refractivity contribution in [2.75, 3.05) is 5.88 Å². The molecule has 0 bridgehead atoms. The SMILES string of the molecule is O=C(O)C(CCCCl)OCc1ccccc1. The fourth-order valence-electron chi connectivity index (χ4n) is 1.31. The van der Waals surface area contributed by atoms with Crippen molar-refractivity contribution in [3.63, 3.8) is 0 Å². The molecule has 0 spiro atoms. The Balaban J connectivity index is 2.41. The molecule has 0 aliphatic heterocycles. The van der Waals surface area contributed by atoms with Crippen molar-refractivity contribution in [3.05, 3.63) is 35.9 Å². The molecule has 88 valence electrons. The monoisotopic (exact) mass is 242 g/mol. The first-order valence-corrected chi connectivity index (χ1v) is 5.72. The van der Waals surface area contributed by atoms with Gasteiger partial charge in [0.15, 0.2) is 6.10 Å². The smallest absolute Gasteiger partial charge is 0.332 e. The fraction of sp³-hybridized carbons (Fsp3) is 0.417. The van der Waals surface area contributed by atoms with E-state index in [0.717, 1.165) is 5.56 Å². The summed E-state index contributed by atoms with van der Waals surface area (Å²) < 4.78 is 5.33. The Kier molecular flexibility index (Phi) is 5.90. The minimum absolute atomic E-state index is 0.320. The lowest BCUT2D eigenvalue weighted by Crippen LogP contribution is -2.23. The van der Waals surface area contributed by atoms with Crippen molar-refractivity contribution in [3.8, 4) is 0 Å². The van der Waals surface area contributed by atoms with E-state index in [2.05, 4.69) is 0 Å². The number of ether oxygens (including phenoxy) is 1. The molecule has 1 atom stereocenters. The van der Waals surface area contributed by atoms with Crippen LogP contribution >= 0.6 is 11.6 Å². The van der Waals surface area contributed by atoms with Crippen LogP contribution in [0.25, 0.3) is 0 Å². The molecule has 0 heterocycles. The van der Waals surface area contributed by atoms with Crippen LogP contribution in [0, 0.1) is 0 Å². The van der Waals surface area contributed by atoms with E-state index in [-0.39, 0.29) is 0 Å². The number of rotatable bonds is 7. The van der Waals surface area contributed by atoms with Gasteiger partial charge in [-0.3, -0.25) is 0 Å². The van der Waals surface area contributed by atoms with Gasteiger partial charge in [0.2, 0.25) is 0 Å². The number of alkyl halides is 1. The van der Waals surface area contributed by atoms with Crippen molar-refractivity contribution >= 4 is 17.6 Å². The summed E-state index contributed by atoms with van der Waals surface area (Å²) in [5.74, 6) is -0.473. The van der Waals surface area contributed by atoms with Gasteiger partial charge in [0.25, 0.3) is 0 Å². The molecular formula is C12H15ClO3. The first-order chi connectivity index (χ1) is 7.74. The molecule has 1 aromatic carbocycles. The Morgan fingerprint density at radius 1 is 1.38 bits per heavy atom. The highest BCUT2D eigenvalue weighted by Crippen LogP contribution is 2.08. The number of halogens is 1. The number of carboxylic acid groups (broad SMARTS) is 1. The van der Waals surface area contributed by atoms with E-state index in [0.29, 0.717) is 25.3 Å². The van der Waals surface area contributed by atoms with Gasteiger partial charge in [0.1, 0.15) is 0 Å². The lowest BCUT2D eigenvalue weighted by atomic mass is 10.2.